The average Bonchev–Trinajstić information content (AvgIpc) is 2.65. The molecule has 84 valence electrons. The van der Waals surface area contributed by atoms with Crippen LogP contribution in [0, 0.1) is 13.8 Å². The Morgan fingerprint density at radius 3 is 2.75 bits per heavy atom. The van der Waals surface area contributed by atoms with Gasteiger partial charge in [-0.25, -0.2) is 4.98 Å². The maximum absolute atomic E-state index is 9.98. The van der Waals surface area contributed by atoms with Crippen LogP contribution in [0.5, 0.6) is 0 Å². The second kappa shape index (κ2) is 4.72. The normalized spacial score (nSPS) is 12.7. The Morgan fingerprint density at radius 2 is 2.19 bits per heavy atom. The van der Waals surface area contributed by atoms with Gasteiger partial charge in [-0.1, -0.05) is 6.07 Å². The molecular weight excluding hydrogens is 220 g/mol. The van der Waals surface area contributed by atoms with Gasteiger partial charge in [-0.2, -0.15) is 0 Å². The number of aliphatic hydroxyl groups is 1. The summed E-state index contributed by atoms with van der Waals surface area (Å²) in [7, 11) is 0. The van der Waals surface area contributed by atoms with Crippen LogP contribution in [0.4, 0.5) is 0 Å². The monoisotopic (exact) mass is 234 g/mol. The van der Waals surface area contributed by atoms with E-state index in [-0.39, 0.29) is 0 Å². The highest BCUT2D eigenvalue weighted by Crippen LogP contribution is 2.19. The van der Waals surface area contributed by atoms with Crippen molar-refractivity contribution >= 4 is 11.3 Å². The van der Waals surface area contributed by atoms with Crippen molar-refractivity contribution < 1.29 is 5.11 Å². The molecule has 0 spiro atoms. The fourth-order valence-corrected chi connectivity index (χ4v) is 2.25. The molecule has 0 bridgehead atoms. The first-order valence-corrected chi connectivity index (χ1v) is 6.05. The molecule has 0 aromatic carbocycles. The van der Waals surface area contributed by atoms with E-state index in [9.17, 15) is 5.11 Å². The van der Waals surface area contributed by atoms with Crippen LogP contribution in [-0.4, -0.2) is 15.1 Å². The van der Waals surface area contributed by atoms with Crippen LogP contribution < -0.4 is 0 Å². The summed E-state index contributed by atoms with van der Waals surface area (Å²) in [5, 5.41) is 12.9. The zero-order valence-electron chi connectivity index (χ0n) is 9.34. The molecule has 16 heavy (non-hydrogen) atoms. The first-order chi connectivity index (χ1) is 7.65. The topological polar surface area (TPSA) is 46.0 Å². The molecule has 0 aliphatic rings. The van der Waals surface area contributed by atoms with Gasteiger partial charge in [-0.15, -0.1) is 11.3 Å². The van der Waals surface area contributed by atoms with Crippen LogP contribution in [0.2, 0.25) is 0 Å². The number of aryl methyl sites for hydroxylation is 2. The molecule has 1 N–H and O–H groups in total. The maximum atomic E-state index is 9.98. The standard InChI is InChI=1S/C12H14N2OS/c1-8-3-4-10(13-6-8)11(15)5-12-14-9(2)7-16-12/h3-4,6-7,11,15H,5H2,1-2H3. The number of nitrogens with zero attached hydrogens (tertiary/aromatic N) is 2. The van der Waals surface area contributed by atoms with Crippen LogP contribution in [0.25, 0.3) is 0 Å². The minimum Gasteiger partial charge on any atom is -0.386 e. The van der Waals surface area contributed by atoms with Gasteiger partial charge < -0.3 is 5.11 Å². The molecule has 0 saturated carbocycles. The molecule has 4 heteroatoms. The van der Waals surface area contributed by atoms with E-state index in [0.717, 1.165) is 16.3 Å². The Bertz CT molecular complexity index is 464. The number of hydrogen-bond donors (Lipinski definition) is 1. The van der Waals surface area contributed by atoms with Crippen molar-refractivity contribution in [1.29, 1.82) is 0 Å². The third-order valence-electron chi connectivity index (χ3n) is 2.31. The molecule has 3 nitrogen and oxygen atoms in total. The molecule has 1 unspecified atom stereocenters. The first kappa shape index (κ1) is 11.2. The van der Waals surface area contributed by atoms with Gasteiger partial charge in [0.25, 0.3) is 0 Å². The zero-order chi connectivity index (χ0) is 11.5. The Hall–Kier alpha value is -1.26. The van der Waals surface area contributed by atoms with E-state index in [1.54, 1.807) is 17.5 Å². The summed E-state index contributed by atoms with van der Waals surface area (Å²) in [6.45, 7) is 3.93. The van der Waals surface area contributed by atoms with Gasteiger partial charge in [0.05, 0.1) is 10.7 Å². The lowest BCUT2D eigenvalue weighted by molar-refractivity contribution is 0.173. The molecule has 0 aliphatic carbocycles. The van der Waals surface area contributed by atoms with Crippen LogP contribution in [0.15, 0.2) is 23.7 Å². The van der Waals surface area contributed by atoms with Gasteiger partial charge in [-0.05, 0) is 25.5 Å². The van der Waals surface area contributed by atoms with Crippen molar-refractivity contribution in [1.82, 2.24) is 9.97 Å². The van der Waals surface area contributed by atoms with Crippen LogP contribution in [0.1, 0.15) is 28.1 Å². The van der Waals surface area contributed by atoms with E-state index in [2.05, 4.69) is 9.97 Å². The van der Waals surface area contributed by atoms with E-state index >= 15 is 0 Å². The third kappa shape index (κ3) is 2.65. The van der Waals surface area contributed by atoms with Gasteiger partial charge in [-0.3, -0.25) is 4.98 Å². The molecule has 2 heterocycles. The molecule has 2 rings (SSSR count). The molecule has 2 aromatic rings. The highest BCUT2D eigenvalue weighted by Gasteiger charge is 2.11. The number of aliphatic hydroxyl groups excluding tert-OH is 1. The number of thiazole rings is 1. The quantitative estimate of drug-likeness (QED) is 0.887. The molecule has 0 radical (unpaired) electrons. The molecule has 1 atom stereocenters. The molecule has 2 aromatic heterocycles. The summed E-state index contributed by atoms with van der Waals surface area (Å²) < 4.78 is 0. The second-order valence-electron chi connectivity index (χ2n) is 3.86. The number of aromatic nitrogens is 2. The zero-order valence-corrected chi connectivity index (χ0v) is 10.2. The number of rotatable bonds is 3. The predicted octanol–water partition coefficient (Wildman–Crippen LogP) is 2.43. The van der Waals surface area contributed by atoms with Gasteiger partial charge in [0.15, 0.2) is 0 Å². The average molecular weight is 234 g/mol. The largest absolute Gasteiger partial charge is 0.386 e. The van der Waals surface area contributed by atoms with Crippen molar-refractivity contribution in [2.45, 2.75) is 26.4 Å². The SMILES string of the molecule is Cc1ccc(C(O)Cc2nc(C)cs2)nc1. The van der Waals surface area contributed by atoms with E-state index in [4.69, 9.17) is 0 Å². The fourth-order valence-electron chi connectivity index (χ4n) is 1.44. The second-order valence-corrected chi connectivity index (χ2v) is 4.81. The van der Waals surface area contributed by atoms with E-state index in [1.807, 2.05) is 31.4 Å². The summed E-state index contributed by atoms with van der Waals surface area (Å²) in [5.41, 5.74) is 2.81. The van der Waals surface area contributed by atoms with E-state index in [0.29, 0.717) is 12.1 Å². The third-order valence-corrected chi connectivity index (χ3v) is 3.30. The Kier molecular flexibility index (Phi) is 3.31. The lowest BCUT2D eigenvalue weighted by Gasteiger charge is -2.07. The Morgan fingerprint density at radius 1 is 1.38 bits per heavy atom. The molecule has 0 saturated heterocycles. The smallest absolute Gasteiger partial charge is 0.102 e. The Labute approximate surface area is 98.8 Å². The summed E-state index contributed by atoms with van der Waals surface area (Å²) in [6, 6.07) is 3.82. The summed E-state index contributed by atoms with van der Waals surface area (Å²) in [6.07, 6.45) is 1.74. The van der Waals surface area contributed by atoms with Crippen molar-refractivity contribution in [2.24, 2.45) is 0 Å². The van der Waals surface area contributed by atoms with Crippen LogP contribution in [0.3, 0.4) is 0 Å². The number of hydrogen-bond acceptors (Lipinski definition) is 4. The summed E-state index contributed by atoms with van der Waals surface area (Å²) in [4.78, 5) is 8.53. The van der Waals surface area contributed by atoms with Gasteiger partial charge >= 0.3 is 0 Å². The minimum atomic E-state index is -0.564. The lowest BCUT2D eigenvalue weighted by atomic mass is 10.1. The molecular formula is C12H14N2OS. The highest BCUT2D eigenvalue weighted by atomic mass is 32.1. The van der Waals surface area contributed by atoms with Crippen molar-refractivity contribution in [3.05, 3.63) is 45.7 Å². The van der Waals surface area contributed by atoms with E-state index < -0.39 is 6.10 Å². The Balaban J connectivity index is 2.08. The van der Waals surface area contributed by atoms with Gasteiger partial charge in [0.1, 0.15) is 6.10 Å². The maximum Gasteiger partial charge on any atom is 0.102 e. The molecule has 0 amide bonds. The molecule has 0 fully saturated rings. The summed E-state index contributed by atoms with van der Waals surface area (Å²) in [5.74, 6) is 0. The minimum absolute atomic E-state index is 0.536. The number of pyridine rings is 1. The fraction of sp³-hybridized carbons (Fsp3) is 0.333. The lowest BCUT2D eigenvalue weighted by Crippen LogP contribution is -2.03. The highest BCUT2D eigenvalue weighted by molar-refractivity contribution is 7.09. The van der Waals surface area contributed by atoms with Crippen LogP contribution >= 0.6 is 11.3 Å². The van der Waals surface area contributed by atoms with E-state index in [1.165, 1.54) is 0 Å². The van der Waals surface area contributed by atoms with Crippen molar-refractivity contribution in [3.8, 4) is 0 Å². The van der Waals surface area contributed by atoms with Gasteiger partial charge in [0, 0.05) is 23.7 Å². The predicted molar refractivity (Wildman–Crippen MR) is 64.5 cm³/mol. The van der Waals surface area contributed by atoms with Crippen molar-refractivity contribution in [2.75, 3.05) is 0 Å². The summed E-state index contributed by atoms with van der Waals surface area (Å²) >= 11 is 1.58. The van der Waals surface area contributed by atoms with Crippen molar-refractivity contribution in [3.63, 3.8) is 0 Å². The first-order valence-electron chi connectivity index (χ1n) is 5.17. The van der Waals surface area contributed by atoms with Gasteiger partial charge in [0.2, 0.25) is 0 Å². The van der Waals surface area contributed by atoms with Crippen LogP contribution in [-0.2, 0) is 6.42 Å². The molecule has 0 aliphatic heterocycles.